The Morgan fingerprint density at radius 1 is 0.970 bits per heavy atom. The lowest BCUT2D eigenvalue weighted by Crippen LogP contribution is -2.51. The Morgan fingerprint density at radius 2 is 1.67 bits per heavy atom. The van der Waals surface area contributed by atoms with E-state index in [-0.39, 0.29) is 11.8 Å². The molecule has 2 heterocycles. The molecule has 0 spiro atoms. The minimum atomic E-state index is -0.538. The predicted molar refractivity (Wildman–Crippen MR) is 130 cm³/mol. The summed E-state index contributed by atoms with van der Waals surface area (Å²) in [5, 5.41) is 0. The number of hydrogen-bond donors (Lipinski definition) is 1. The molecule has 2 aromatic carbocycles. The number of amides is 2. The maximum Gasteiger partial charge on any atom is 0.255 e. The molecule has 0 atom stereocenters. The van der Waals surface area contributed by atoms with Crippen molar-refractivity contribution in [3.8, 4) is 11.1 Å². The minimum absolute atomic E-state index is 0.0909. The molecule has 2 amide bonds. The Balaban J connectivity index is 1.55. The summed E-state index contributed by atoms with van der Waals surface area (Å²) in [7, 11) is 3.61. The quantitative estimate of drug-likeness (QED) is 0.650. The summed E-state index contributed by atoms with van der Waals surface area (Å²) in [6.45, 7) is 1.04. The van der Waals surface area contributed by atoms with Crippen molar-refractivity contribution in [2.24, 2.45) is 5.41 Å². The van der Waals surface area contributed by atoms with Crippen molar-refractivity contribution in [1.29, 1.82) is 0 Å². The van der Waals surface area contributed by atoms with Gasteiger partial charge < -0.3 is 15.5 Å². The molecule has 170 valence electrons. The van der Waals surface area contributed by atoms with Crippen LogP contribution in [0.5, 0.6) is 0 Å². The molecule has 6 heteroatoms. The van der Waals surface area contributed by atoms with Crippen LogP contribution in [-0.4, -0.2) is 53.8 Å². The molecule has 1 aliphatic heterocycles. The Labute approximate surface area is 195 Å². The van der Waals surface area contributed by atoms with E-state index in [1.54, 1.807) is 36.2 Å². The lowest BCUT2D eigenvalue weighted by molar-refractivity contribution is -0.142. The predicted octanol–water partition coefficient (Wildman–Crippen LogP) is 3.88. The molecule has 0 unspecified atom stereocenters. The second-order valence-corrected chi connectivity index (χ2v) is 9.02. The average Bonchev–Trinajstić information content (AvgIpc) is 2.84. The normalized spacial score (nSPS) is 15.2. The first kappa shape index (κ1) is 22.5. The van der Waals surface area contributed by atoms with Gasteiger partial charge in [-0.25, -0.2) is 0 Å². The summed E-state index contributed by atoms with van der Waals surface area (Å²) >= 11 is 0. The van der Waals surface area contributed by atoms with Crippen molar-refractivity contribution in [2.75, 3.05) is 32.9 Å². The van der Waals surface area contributed by atoms with Crippen molar-refractivity contribution in [1.82, 2.24) is 14.8 Å². The van der Waals surface area contributed by atoms with E-state index in [0.717, 1.165) is 16.7 Å². The van der Waals surface area contributed by atoms with E-state index in [2.05, 4.69) is 41.4 Å². The van der Waals surface area contributed by atoms with Crippen molar-refractivity contribution >= 4 is 17.5 Å². The Hall–Kier alpha value is -3.67. The maximum atomic E-state index is 13.4. The number of rotatable bonds is 5. The van der Waals surface area contributed by atoms with Crippen LogP contribution in [0, 0.1) is 5.41 Å². The van der Waals surface area contributed by atoms with E-state index in [1.165, 1.54) is 6.20 Å². The third-order valence-corrected chi connectivity index (χ3v) is 6.45. The molecule has 4 rings (SSSR count). The van der Waals surface area contributed by atoms with Gasteiger partial charge in [-0.05, 0) is 42.0 Å². The summed E-state index contributed by atoms with van der Waals surface area (Å²) in [6.07, 6.45) is 4.94. The zero-order chi connectivity index (χ0) is 23.4. The number of nitrogen functional groups attached to an aromatic ring is 1. The lowest BCUT2D eigenvalue weighted by Gasteiger charge is -2.42. The average molecular weight is 443 g/mol. The van der Waals surface area contributed by atoms with Crippen LogP contribution in [-0.2, 0) is 11.2 Å². The molecule has 1 fully saturated rings. The van der Waals surface area contributed by atoms with E-state index >= 15 is 0 Å². The van der Waals surface area contributed by atoms with E-state index in [9.17, 15) is 9.59 Å². The van der Waals surface area contributed by atoms with Crippen molar-refractivity contribution < 1.29 is 9.59 Å². The van der Waals surface area contributed by atoms with Gasteiger partial charge in [0.25, 0.3) is 5.91 Å². The number of pyridine rings is 1. The van der Waals surface area contributed by atoms with Gasteiger partial charge in [0.15, 0.2) is 0 Å². The third kappa shape index (κ3) is 4.90. The molecule has 0 aliphatic carbocycles. The largest absolute Gasteiger partial charge is 0.397 e. The highest BCUT2D eigenvalue weighted by Crippen LogP contribution is 2.38. The Kier molecular flexibility index (Phi) is 6.45. The molecule has 3 aromatic rings. The van der Waals surface area contributed by atoms with Gasteiger partial charge in [0.1, 0.15) is 0 Å². The highest BCUT2D eigenvalue weighted by molar-refractivity contribution is 5.95. The maximum absolute atomic E-state index is 13.4. The summed E-state index contributed by atoms with van der Waals surface area (Å²) in [5.74, 6) is 0.0251. The van der Waals surface area contributed by atoms with Gasteiger partial charge in [0.2, 0.25) is 5.91 Å². The second kappa shape index (κ2) is 9.45. The number of hydrogen-bond acceptors (Lipinski definition) is 4. The highest BCUT2D eigenvalue weighted by atomic mass is 16.2. The molecule has 0 saturated carbocycles. The SMILES string of the molecule is CN(C)C(=O)C1(Cc2cccc(-c3ccccc3)c2)CCN(C(=O)c2cncc(N)c2)CC1. The third-order valence-electron chi connectivity index (χ3n) is 6.45. The fourth-order valence-electron chi connectivity index (χ4n) is 4.72. The fraction of sp³-hybridized carbons (Fsp3) is 0.296. The molecular formula is C27H30N4O2. The van der Waals surface area contributed by atoms with Crippen LogP contribution >= 0.6 is 0 Å². The number of carbonyl (C=O) groups is 2. The molecule has 0 bridgehead atoms. The number of nitrogens with zero attached hydrogens (tertiary/aromatic N) is 3. The van der Waals surface area contributed by atoms with Crippen LogP contribution in [0.3, 0.4) is 0 Å². The zero-order valence-corrected chi connectivity index (χ0v) is 19.2. The molecule has 1 saturated heterocycles. The van der Waals surface area contributed by atoms with Crippen molar-refractivity contribution in [2.45, 2.75) is 19.3 Å². The van der Waals surface area contributed by atoms with E-state index in [1.807, 2.05) is 18.2 Å². The monoisotopic (exact) mass is 442 g/mol. The van der Waals surface area contributed by atoms with Crippen LogP contribution in [0.2, 0.25) is 0 Å². The molecule has 0 radical (unpaired) electrons. The molecular weight excluding hydrogens is 412 g/mol. The summed E-state index contributed by atoms with van der Waals surface area (Å²) in [4.78, 5) is 33.8. The van der Waals surface area contributed by atoms with Gasteiger partial charge in [-0.3, -0.25) is 14.6 Å². The van der Waals surface area contributed by atoms with Crippen molar-refractivity contribution in [3.05, 3.63) is 84.2 Å². The van der Waals surface area contributed by atoms with E-state index in [0.29, 0.717) is 43.6 Å². The van der Waals surface area contributed by atoms with E-state index in [4.69, 9.17) is 5.73 Å². The Morgan fingerprint density at radius 3 is 2.33 bits per heavy atom. The zero-order valence-electron chi connectivity index (χ0n) is 19.2. The van der Waals surface area contributed by atoms with Crippen LogP contribution in [0.1, 0.15) is 28.8 Å². The molecule has 1 aliphatic rings. The first-order chi connectivity index (χ1) is 15.9. The summed E-state index contributed by atoms with van der Waals surface area (Å²) in [5.41, 5.74) is 9.64. The molecule has 1 aromatic heterocycles. The number of anilines is 1. The number of aromatic nitrogens is 1. The first-order valence-corrected chi connectivity index (χ1v) is 11.2. The van der Waals surface area contributed by atoms with Crippen LogP contribution in [0.25, 0.3) is 11.1 Å². The molecule has 6 nitrogen and oxygen atoms in total. The molecule has 33 heavy (non-hydrogen) atoms. The smallest absolute Gasteiger partial charge is 0.255 e. The Bertz CT molecular complexity index is 1140. The van der Waals surface area contributed by atoms with Gasteiger partial charge in [-0.2, -0.15) is 0 Å². The van der Waals surface area contributed by atoms with Gasteiger partial charge >= 0.3 is 0 Å². The second-order valence-electron chi connectivity index (χ2n) is 9.02. The van der Waals surface area contributed by atoms with Gasteiger partial charge in [0.05, 0.1) is 16.7 Å². The minimum Gasteiger partial charge on any atom is -0.397 e. The van der Waals surface area contributed by atoms with Gasteiger partial charge in [0, 0.05) is 39.6 Å². The summed E-state index contributed by atoms with van der Waals surface area (Å²) in [6, 6.07) is 20.3. The highest BCUT2D eigenvalue weighted by Gasteiger charge is 2.43. The number of piperidine rings is 1. The number of benzene rings is 2. The lowest BCUT2D eigenvalue weighted by atomic mass is 9.72. The van der Waals surface area contributed by atoms with Gasteiger partial charge in [-0.1, -0.05) is 54.6 Å². The standard InChI is InChI=1S/C27H30N4O2/c1-30(2)26(33)27(17-20-7-6-10-22(15-20)21-8-4-3-5-9-21)11-13-31(14-12-27)25(32)23-16-24(28)19-29-18-23/h3-10,15-16,18-19H,11-14,17,28H2,1-2H3. The van der Waals surface area contributed by atoms with Crippen LogP contribution < -0.4 is 5.73 Å². The van der Waals surface area contributed by atoms with Crippen LogP contribution in [0.4, 0.5) is 5.69 Å². The summed E-state index contributed by atoms with van der Waals surface area (Å²) < 4.78 is 0. The number of likely N-dealkylation sites (tertiary alicyclic amines) is 1. The van der Waals surface area contributed by atoms with Crippen molar-refractivity contribution in [3.63, 3.8) is 0 Å². The number of nitrogens with two attached hydrogens (primary N) is 1. The van der Waals surface area contributed by atoms with Crippen LogP contribution in [0.15, 0.2) is 73.1 Å². The number of carbonyl (C=O) groups excluding carboxylic acids is 2. The topological polar surface area (TPSA) is 79.5 Å². The van der Waals surface area contributed by atoms with E-state index < -0.39 is 5.41 Å². The fourth-order valence-corrected chi connectivity index (χ4v) is 4.72. The van der Waals surface area contributed by atoms with Gasteiger partial charge in [-0.15, -0.1) is 0 Å². The first-order valence-electron chi connectivity index (χ1n) is 11.2. The molecule has 2 N–H and O–H groups in total.